The molecule has 0 amide bonds. The molecular weight excluding hydrogens is 248 g/mol. The number of fused-ring (bicyclic) bond motifs is 1. The average Bonchev–Trinajstić information content (AvgIpc) is 2.77. The lowest BCUT2D eigenvalue weighted by Crippen LogP contribution is -2.20. The molecule has 0 saturated carbocycles. The number of rotatable bonds is 2. The van der Waals surface area contributed by atoms with E-state index in [1.165, 1.54) is 17.5 Å². The first-order chi connectivity index (χ1) is 8.74. The smallest absolute Gasteiger partial charge is 0.150 e. The van der Waals surface area contributed by atoms with Crippen LogP contribution < -0.4 is 11.1 Å². The van der Waals surface area contributed by atoms with E-state index in [0.717, 1.165) is 12.8 Å². The molecule has 92 valence electrons. The van der Waals surface area contributed by atoms with Crippen LogP contribution in [0.3, 0.4) is 0 Å². The largest absolute Gasteiger partial charge is 0.382 e. The molecule has 5 heteroatoms. The Hall–Kier alpha value is -1.81. The van der Waals surface area contributed by atoms with Crippen molar-refractivity contribution in [3.63, 3.8) is 0 Å². The molecule has 1 aliphatic carbocycles. The van der Waals surface area contributed by atoms with E-state index in [2.05, 4.69) is 39.6 Å². The maximum Gasteiger partial charge on any atom is 0.150 e. The second-order valence-electron chi connectivity index (χ2n) is 4.44. The van der Waals surface area contributed by atoms with E-state index in [0.29, 0.717) is 22.7 Å². The van der Waals surface area contributed by atoms with Crippen molar-refractivity contribution < 1.29 is 0 Å². The molecule has 3 N–H and O–H groups in total. The van der Waals surface area contributed by atoms with Gasteiger partial charge in [0.15, 0.2) is 5.82 Å². The highest BCUT2D eigenvalue weighted by molar-refractivity contribution is 6.35. The second kappa shape index (κ2) is 4.46. The highest BCUT2D eigenvalue weighted by Crippen LogP contribution is 2.28. The molecule has 18 heavy (non-hydrogen) atoms. The summed E-state index contributed by atoms with van der Waals surface area (Å²) in [4.78, 5) is 7.98. The number of hydrogen-bond acceptors (Lipinski definition) is 4. The van der Waals surface area contributed by atoms with Gasteiger partial charge in [0.25, 0.3) is 0 Å². The number of nitrogens with one attached hydrogen (secondary N) is 1. The number of nitrogen functional groups attached to an aromatic ring is 1. The topological polar surface area (TPSA) is 63.8 Å². The summed E-state index contributed by atoms with van der Waals surface area (Å²) in [5, 5.41) is 3.73. The Labute approximate surface area is 110 Å². The van der Waals surface area contributed by atoms with E-state index in [9.17, 15) is 0 Å². The van der Waals surface area contributed by atoms with Crippen molar-refractivity contribution >= 4 is 23.2 Å². The molecule has 0 radical (unpaired) electrons. The van der Waals surface area contributed by atoms with Crippen LogP contribution in [0.2, 0.25) is 5.02 Å². The molecule has 0 aliphatic heterocycles. The maximum absolute atomic E-state index is 6.07. The van der Waals surface area contributed by atoms with Gasteiger partial charge in [-0.05, 0) is 24.0 Å². The fourth-order valence-corrected chi connectivity index (χ4v) is 2.49. The summed E-state index contributed by atoms with van der Waals surface area (Å²) < 4.78 is 0. The maximum atomic E-state index is 6.07. The lowest BCUT2D eigenvalue weighted by atomic mass is 10.1. The zero-order valence-electron chi connectivity index (χ0n) is 9.73. The minimum Gasteiger partial charge on any atom is -0.382 e. The van der Waals surface area contributed by atoms with Gasteiger partial charge in [-0.3, -0.25) is 0 Å². The average molecular weight is 261 g/mol. The van der Waals surface area contributed by atoms with E-state index in [4.69, 9.17) is 17.3 Å². The molecule has 3 rings (SSSR count). The van der Waals surface area contributed by atoms with Gasteiger partial charge in [0.05, 0.1) is 0 Å². The minimum atomic E-state index is 0.310. The van der Waals surface area contributed by atoms with Gasteiger partial charge in [-0.1, -0.05) is 35.9 Å². The van der Waals surface area contributed by atoms with Crippen LogP contribution in [-0.2, 0) is 12.8 Å². The standard InChI is InChI=1S/C13H13ClN4/c14-11-12(15)16-7-17-13(11)18-10-5-8-3-1-2-4-9(8)6-10/h1-4,7,10H,5-6H2,(H3,15,16,17,18). The third-order valence-corrected chi connectivity index (χ3v) is 3.58. The second-order valence-corrected chi connectivity index (χ2v) is 4.82. The highest BCUT2D eigenvalue weighted by atomic mass is 35.5. The molecule has 1 aromatic carbocycles. The number of nitrogens with zero attached hydrogens (tertiary/aromatic N) is 2. The van der Waals surface area contributed by atoms with Crippen LogP contribution in [0.15, 0.2) is 30.6 Å². The van der Waals surface area contributed by atoms with Crippen molar-refractivity contribution in [3.05, 3.63) is 46.7 Å². The quantitative estimate of drug-likeness (QED) is 0.870. The first-order valence-electron chi connectivity index (χ1n) is 5.83. The Bertz CT molecular complexity index is 560. The van der Waals surface area contributed by atoms with Crippen LogP contribution in [0.1, 0.15) is 11.1 Å². The van der Waals surface area contributed by atoms with E-state index < -0.39 is 0 Å². The molecule has 1 aliphatic rings. The summed E-state index contributed by atoms with van der Waals surface area (Å²) in [6, 6.07) is 8.77. The van der Waals surface area contributed by atoms with Crippen molar-refractivity contribution in [2.75, 3.05) is 11.1 Å². The molecule has 1 aromatic heterocycles. The number of nitrogens with two attached hydrogens (primary N) is 1. The molecule has 0 fully saturated rings. The van der Waals surface area contributed by atoms with E-state index >= 15 is 0 Å². The Morgan fingerprint density at radius 2 is 1.83 bits per heavy atom. The van der Waals surface area contributed by atoms with Gasteiger partial charge in [0.1, 0.15) is 17.2 Å². The number of aromatic nitrogens is 2. The van der Waals surface area contributed by atoms with Crippen molar-refractivity contribution in [2.24, 2.45) is 0 Å². The van der Waals surface area contributed by atoms with Crippen molar-refractivity contribution in [2.45, 2.75) is 18.9 Å². The molecule has 0 saturated heterocycles. The number of halogens is 1. The van der Waals surface area contributed by atoms with Gasteiger partial charge >= 0.3 is 0 Å². The van der Waals surface area contributed by atoms with E-state index in [-0.39, 0.29) is 0 Å². The molecular formula is C13H13ClN4. The highest BCUT2D eigenvalue weighted by Gasteiger charge is 2.22. The Balaban J connectivity index is 1.78. The van der Waals surface area contributed by atoms with Crippen LogP contribution in [0.5, 0.6) is 0 Å². The van der Waals surface area contributed by atoms with Crippen LogP contribution in [0.25, 0.3) is 0 Å². The third-order valence-electron chi connectivity index (χ3n) is 3.21. The molecule has 1 heterocycles. The Morgan fingerprint density at radius 3 is 2.50 bits per heavy atom. The molecule has 0 spiro atoms. The summed E-state index contributed by atoms with van der Waals surface area (Å²) in [5.41, 5.74) is 8.42. The predicted octanol–water partition coefficient (Wildman–Crippen LogP) is 2.29. The van der Waals surface area contributed by atoms with Crippen molar-refractivity contribution in [1.82, 2.24) is 9.97 Å². The van der Waals surface area contributed by atoms with Gasteiger partial charge in [0, 0.05) is 6.04 Å². The zero-order chi connectivity index (χ0) is 12.5. The lowest BCUT2D eigenvalue weighted by Gasteiger charge is -2.14. The molecule has 0 atom stereocenters. The zero-order valence-corrected chi connectivity index (χ0v) is 10.5. The summed E-state index contributed by atoms with van der Waals surface area (Å²) in [7, 11) is 0. The molecule has 2 aromatic rings. The monoisotopic (exact) mass is 260 g/mol. The van der Waals surface area contributed by atoms with Crippen LogP contribution in [0, 0.1) is 0 Å². The summed E-state index contributed by atoms with van der Waals surface area (Å²) in [5.74, 6) is 0.923. The molecule has 0 unspecified atom stereocenters. The van der Waals surface area contributed by atoms with Gasteiger partial charge in [-0.25, -0.2) is 9.97 Å². The predicted molar refractivity (Wildman–Crippen MR) is 72.7 cm³/mol. The fraction of sp³-hybridized carbons (Fsp3) is 0.231. The first-order valence-corrected chi connectivity index (χ1v) is 6.21. The van der Waals surface area contributed by atoms with Crippen molar-refractivity contribution in [3.8, 4) is 0 Å². The van der Waals surface area contributed by atoms with Gasteiger partial charge < -0.3 is 11.1 Å². The van der Waals surface area contributed by atoms with Crippen LogP contribution in [-0.4, -0.2) is 16.0 Å². The van der Waals surface area contributed by atoms with E-state index in [1.807, 2.05) is 0 Å². The molecule has 4 nitrogen and oxygen atoms in total. The Morgan fingerprint density at radius 1 is 1.17 bits per heavy atom. The molecule has 0 bridgehead atoms. The number of hydrogen-bond donors (Lipinski definition) is 2. The third kappa shape index (κ3) is 1.99. The van der Waals surface area contributed by atoms with Crippen LogP contribution in [0.4, 0.5) is 11.6 Å². The van der Waals surface area contributed by atoms with Crippen LogP contribution >= 0.6 is 11.6 Å². The summed E-state index contributed by atoms with van der Waals surface area (Å²) >= 11 is 6.07. The van der Waals surface area contributed by atoms with Crippen molar-refractivity contribution in [1.29, 1.82) is 0 Å². The number of benzene rings is 1. The SMILES string of the molecule is Nc1ncnc(NC2Cc3ccccc3C2)c1Cl. The summed E-state index contributed by atoms with van der Waals surface area (Å²) in [6.07, 6.45) is 3.39. The van der Waals surface area contributed by atoms with Gasteiger partial charge in [-0.15, -0.1) is 0 Å². The normalized spacial score (nSPS) is 14.5. The minimum absolute atomic E-state index is 0.310. The Kier molecular flexibility index (Phi) is 2.80. The number of anilines is 2. The fourth-order valence-electron chi connectivity index (χ4n) is 2.34. The summed E-state index contributed by atoms with van der Waals surface area (Å²) in [6.45, 7) is 0. The van der Waals surface area contributed by atoms with Gasteiger partial charge in [0.2, 0.25) is 0 Å². The van der Waals surface area contributed by atoms with Gasteiger partial charge in [-0.2, -0.15) is 0 Å². The van der Waals surface area contributed by atoms with E-state index in [1.54, 1.807) is 0 Å². The lowest BCUT2D eigenvalue weighted by molar-refractivity contribution is 0.768. The first kappa shape index (κ1) is 11.3.